The van der Waals surface area contributed by atoms with Crippen molar-refractivity contribution in [2.24, 2.45) is 11.8 Å². The third-order valence-electron chi connectivity index (χ3n) is 5.09. The Morgan fingerprint density at radius 2 is 2.11 bits per heavy atom. The molecule has 1 aliphatic rings. The van der Waals surface area contributed by atoms with Crippen molar-refractivity contribution in [3.63, 3.8) is 0 Å². The van der Waals surface area contributed by atoms with E-state index in [2.05, 4.69) is 28.7 Å². The number of carbonyl (C=O) groups is 1. The van der Waals surface area contributed by atoms with Crippen molar-refractivity contribution in [3.8, 4) is 0 Å². The number of anilines is 2. The van der Waals surface area contributed by atoms with E-state index in [1.807, 2.05) is 0 Å². The highest BCUT2D eigenvalue weighted by molar-refractivity contribution is 6.11. The number of rotatable bonds is 6. The quantitative estimate of drug-likeness (QED) is 0.738. The van der Waals surface area contributed by atoms with Gasteiger partial charge in [-0.05, 0) is 55.4 Å². The maximum Gasteiger partial charge on any atom is 0.266 e. The number of nitrogen functional groups attached to an aromatic ring is 1. The molecule has 0 radical (unpaired) electrons. The van der Waals surface area contributed by atoms with Gasteiger partial charge in [0.2, 0.25) is 5.78 Å². The zero-order valence-electron chi connectivity index (χ0n) is 16.2. The summed E-state index contributed by atoms with van der Waals surface area (Å²) >= 11 is 0. The van der Waals surface area contributed by atoms with Gasteiger partial charge in [-0.3, -0.25) is 4.79 Å². The van der Waals surface area contributed by atoms with Crippen molar-refractivity contribution < 1.29 is 13.6 Å². The lowest BCUT2D eigenvalue weighted by atomic mass is 9.90. The van der Waals surface area contributed by atoms with Crippen LogP contribution in [0, 0.1) is 11.8 Å². The summed E-state index contributed by atoms with van der Waals surface area (Å²) < 4.78 is 27.1. The van der Waals surface area contributed by atoms with E-state index in [-0.39, 0.29) is 22.6 Å². The monoisotopic (exact) mass is 388 g/mol. The minimum atomic E-state index is -2.80. The van der Waals surface area contributed by atoms with Gasteiger partial charge in [0, 0.05) is 24.8 Å². The second-order valence-electron chi connectivity index (χ2n) is 7.76. The standard InChI is InChI=1S/C21H26F2N4O/c1-13(2)11-14-5-4-10-27(12-14)17-8-7-15(20(22)23)18(26-17)19(28)16-6-3-9-25-21(16)24/h3,6-9,13-14,20H,4-5,10-12H2,1-2H3,(H2,24,25)/t14-/m0/s1. The van der Waals surface area contributed by atoms with Gasteiger partial charge in [0.25, 0.3) is 6.43 Å². The molecular weight excluding hydrogens is 362 g/mol. The number of nitrogens with two attached hydrogens (primary N) is 1. The predicted molar refractivity (Wildman–Crippen MR) is 106 cm³/mol. The second-order valence-corrected chi connectivity index (χ2v) is 7.76. The predicted octanol–water partition coefficient (Wildman–Crippen LogP) is 4.49. The van der Waals surface area contributed by atoms with Crippen molar-refractivity contribution in [2.45, 2.75) is 39.5 Å². The van der Waals surface area contributed by atoms with Crippen molar-refractivity contribution in [1.82, 2.24) is 9.97 Å². The van der Waals surface area contributed by atoms with E-state index in [0.29, 0.717) is 17.7 Å². The van der Waals surface area contributed by atoms with Gasteiger partial charge in [-0.25, -0.2) is 18.7 Å². The first-order chi connectivity index (χ1) is 13.4. The number of halogens is 2. The summed E-state index contributed by atoms with van der Waals surface area (Å²) in [5.74, 6) is 1.08. The van der Waals surface area contributed by atoms with Crippen LogP contribution in [-0.4, -0.2) is 28.8 Å². The highest BCUT2D eigenvalue weighted by atomic mass is 19.3. The van der Waals surface area contributed by atoms with Gasteiger partial charge >= 0.3 is 0 Å². The summed E-state index contributed by atoms with van der Waals surface area (Å²) in [6.45, 7) is 6.02. The number of pyridine rings is 2. The molecule has 0 spiro atoms. The smallest absolute Gasteiger partial charge is 0.266 e. The fourth-order valence-electron chi connectivity index (χ4n) is 3.86. The molecule has 150 valence electrons. The van der Waals surface area contributed by atoms with Gasteiger partial charge < -0.3 is 10.6 Å². The van der Waals surface area contributed by atoms with Gasteiger partial charge in [-0.1, -0.05) is 13.8 Å². The maximum absolute atomic E-state index is 13.5. The van der Waals surface area contributed by atoms with Crippen molar-refractivity contribution in [3.05, 3.63) is 47.3 Å². The average molecular weight is 388 g/mol. The van der Waals surface area contributed by atoms with E-state index < -0.39 is 12.2 Å². The van der Waals surface area contributed by atoms with Crippen LogP contribution in [0.25, 0.3) is 0 Å². The van der Waals surface area contributed by atoms with E-state index in [1.54, 1.807) is 12.1 Å². The topological polar surface area (TPSA) is 72.1 Å². The van der Waals surface area contributed by atoms with Crippen LogP contribution in [-0.2, 0) is 0 Å². The van der Waals surface area contributed by atoms with Crippen LogP contribution >= 0.6 is 0 Å². The van der Waals surface area contributed by atoms with Crippen LogP contribution in [0.15, 0.2) is 30.5 Å². The van der Waals surface area contributed by atoms with E-state index in [4.69, 9.17) is 5.73 Å². The molecule has 2 aromatic rings. The first kappa shape index (κ1) is 20.2. The molecule has 1 atom stereocenters. The van der Waals surface area contributed by atoms with Gasteiger partial charge in [-0.2, -0.15) is 0 Å². The number of alkyl halides is 2. The number of aromatic nitrogens is 2. The fourth-order valence-corrected chi connectivity index (χ4v) is 3.86. The fraction of sp³-hybridized carbons (Fsp3) is 0.476. The van der Waals surface area contributed by atoms with Crippen molar-refractivity contribution in [1.29, 1.82) is 0 Å². The summed E-state index contributed by atoms with van der Waals surface area (Å²) in [7, 11) is 0. The Morgan fingerprint density at radius 3 is 2.79 bits per heavy atom. The second kappa shape index (κ2) is 8.63. The van der Waals surface area contributed by atoms with E-state index >= 15 is 0 Å². The molecule has 1 saturated heterocycles. The molecule has 1 aliphatic heterocycles. The lowest BCUT2D eigenvalue weighted by Gasteiger charge is -2.34. The van der Waals surface area contributed by atoms with Crippen LogP contribution in [0.2, 0.25) is 0 Å². The zero-order valence-corrected chi connectivity index (χ0v) is 16.2. The number of carbonyl (C=O) groups excluding carboxylic acids is 1. The molecule has 3 rings (SSSR count). The SMILES string of the molecule is CC(C)C[C@@H]1CCCN(c2ccc(C(F)F)c(C(=O)c3cccnc3N)n2)C1. The molecule has 0 aromatic carbocycles. The Kier molecular flexibility index (Phi) is 6.21. The number of ketones is 1. The molecule has 7 heteroatoms. The molecular formula is C21H26F2N4O. The van der Waals surface area contributed by atoms with E-state index in [0.717, 1.165) is 32.4 Å². The molecule has 3 heterocycles. The van der Waals surface area contributed by atoms with Gasteiger partial charge in [0.1, 0.15) is 17.3 Å². The third kappa shape index (κ3) is 4.46. The normalized spacial score (nSPS) is 17.4. The highest BCUT2D eigenvalue weighted by Gasteiger charge is 2.26. The first-order valence-electron chi connectivity index (χ1n) is 9.66. The van der Waals surface area contributed by atoms with Gasteiger partial charge in [0.05, 0.1) is 5.56 Å². The Bertz CT molecular complexity index is 841. The first-order valence-corrected chi connectivity index (χ1v) is 9.66. The van der Waals surface area contributed by atoms with Crippen molar-refractivity contribution >= 4 is 17.4 Å². The summed E-state index contributed by atoms with van der Waals surface area (Å²) in [6.07, 6.45) is 1.94. The lowest BCUT2D eigenvalue weighted by molar-refractivity contribution is 0.101. The van der Waals surface area contributed by atoms with Crippen molar-refractivity contribution in [2.75, 3.05) is 23.7 Å². The summed E-state index contributed by atoms with van der Waals surface area (Å²) in [5, 5.41) is 0. The summed E-state index contributed by atoms with van der Waals surface area (Å²) in [5.41, 5.74) is 5.23. The molecule has 0 saturated carbocycles. The summed E-state index contributed by atoms with van der Waals surface area (Å²) in [4.78, 5) is 23.2. The Morgan fingerprint density at radius 1 is 1.32 bits per heavy atom. The Hall–Kier alpha value is -2.57. The molecule has 1 fully saturated rings. The molecule has 0 bridgehead atoms. The largest absolute Gasteiger partial charge is 0.383 e. The minimum absolute atomic E-state index is 0.00916. The highest BCUT2D eigenvalue weighted by Crippen LogP contribution is 2.30. The van der Waals surface area contributed by atoms with Crippen LogP contribution in [0.5, 0.6) is 0 Å². The average Bonchev–Trinajstić information content (AvgIpc) is 2.67. The molecule has 5 nitrogen and oxygen atoms in total. The van der Waals surface area contributed by atoms with Gasteiger partial charge in [0.15, 0.2) is 0 Å². The molecule has 0 aliphatic carbocycles. The third-order valence-corrected chi connectivity index (χ3v) is 5.09. The lowest BCUT2D eigenvalue weighted by Crippen LogP contribution is -2.36. The molecule has 28 heavy (non-hydrogen) atoms. The maximum atomic E-state index is 13.5. The Labute approximate surface area is 164 Å². The molecule has 0 unspecified atom stereocenters. The van der Waals surface area contributed by atoms with Crippen LogP contribution < -0.4 is 10.6 Å². The Balaban J connectivity index is 1.94. The molecule has 0 amide bonds. The number of nitrogens with zero attached hydrogens (tertiary/aromatic N) is 3. The van der Waals surface area contributed by atoms with Gasteiger partial charge in [-0.15, -0.1) is 0 Å². The molecule has 2 aromatic heterocycles. The minimum Gasteiger partial charge on any atom is -0.383 e. The number of hydrogen-bond donors (Lipinski definition) is 1. The molecule has 2 N–H and O–H groups in total. The van der Waals surface area contributed by atoms with Crippen LogP contribution in [0.3, 0.4) is 0 Å². The summed E-state index contributed by atoms with van der Waals surface area (Å²) in [6, 6.07) is 5.92. The number of piperidine rings is 1. The zero-order chi connectivity index (χ0) is 20.3. The number of hydrogen-bond acceptors (Lipinski definition) is 5. The van der Waals surface area contributed by atoms with Crippen LogP contribution in [0.1, 0.15) is 61.2 Å². The van der Waals surface area contributed by atoms with E-state index in [9.17, 15) is 13.6 Å². The van der Waals surface area contributed by atoms with E-state index in [1.165, 1.54) is 18.3 Å². The van der Waals surface area contributed by atoms with Crippen LogP contribution in [0.4, 0.5) is 20.4 Å².